The molecule has 0 saturated heterocycles. The summed E-state index contributed by atoms with van der Waals surface area (Å²) in [4.78, 5) is 3.91. The van der Waals surface area contributed by atoms with E-state index in [0.717, 1.165) is 11.3 Å². The van der Waals surface area contributed by atoms with Crippen LogP contribution < -0.4 is 10.2 Å². The Balaban J connectivity index is 2.05. The average molecular weight is 243 g/mol. The normalized spacial score (nSPS) is 10.5. The van der Waals surface area contributed by atoms with Gasteiger partial charge < -0.3 is 9.84 Å². The lowest BCUT2D eigenvalue weighted by molar-refractivity contribution is 0.373. The van der Waals surface area contributed by atoms with Gasteiger partial charge in [0, 0.05) is 12.4 Å². The minimum absolute atomic E-state index is 0.108. The standard InChI is InChI=1S/C13H13N3O2/c1-18-13-8-10(2-3-12(13)17)9-15-16-11-4-6-14-7-5-11/h2-9,17H,1H3,(H,14,16). The number of nitrogens with zero attached hydrogens (tertiary/aromatic N) is 2. The van der Waals surface area contributed by atoms with Gasteiger partial charge >= 0.3 is 0 Å². The molecule has 0 radical (unpaired) electrons. The number of phenols is 1. The van der Waals surface area contributed by atoms with E-state index in [1.807, 2.05) is 12.1 Å². The van der Waals surface area contributed by atoms with E-state index in [1.54, 1.807) is 36.8 Å². The van der Waals surface area contributed by atoms with Crippen LogP contribution in [0.2, 0.25) is 0 Å². The number of anilines is 1. The van der Waals surface area contributed by atoms with Gasteiger partial charge in [0.1, 0.15) is 0 Å². The Labute approximate surface area is 105 Å². The van der Waals surface area contributed by atoms with Gasteiger partial charge in [-0.15, -0.1) is 0 Å². The van der Waals surface area contributed by atoms with E-state index in [9.17, 15) is 5.11 Å². The SMILES string of the molecule is COc1cc(C=NNc2ccncc2)ccc1O. The summed E-state index contributed by atoms with van der Waals surface area (Å²) in [5.74, 6) is 0.527. The second-order valence-corrected chi connectivity index (χ2v) is 3.54. The smallest absolute Gasteiger partial charge is 0.161 e. The number of pyridine rings is 1. The fraction of sp³-hybridized carbons (Fsp3) is 0.0769. The number of phenolic OH excluding ortho intramolecular Hbond substituents is 1. The van der Waals surface area contributed by atoms with Crippen molar-refractivity contribution in [2.45, 2.75) is 0 Å². The molecule has 92 valence electrons. The number of hydrogen-bond acceptors (Lipinski definition) is 5. The summed E-state index contributed by atoms with van der Waals surface area (Å²) >= 11 is 0. The Hall–Kier alpha value is -2.56. The molecule has 5 nitrogen and oxygen atoms in total. The molecule has 1 heterocycles. The van der Waals surface area contributed by atoms with Crippen molar-refractivity contribution >= 4 is 11.9 Å². The van der Waals surface area contributed by atoms with E-state index in [2.05, 4.69) is 15.5 Å². The second kappa shape index (κ2) is 5.67. The van der Waals surface area contributed by atoms with E-state index in [0.29, 0.717) is 5.75 Å². The molecule has 0 aliphatic rings. The average Bonchev–Trinajstić information content (AvgIpc) is 2.42. The fourth-order valence-electron chi connectivity index (χ4n) is 1.38. The van der Waals surface area contributed by atoms with Crippen molar-refractivity contribution in [2.75, 3.05) is 12.5 Å². The van der Waals surface area contributed by atoms with Gasteiger partial charge in [0.25, 0.3) is 0 Å². The molecule has 2 aromatic rings. The predicted molar refractivity (Wildman–Crippen MR) is 70.1 cm³/mol. The van der Waals surface area contributed by atoms with Crippen LogP contribution in [0.1, 0.15) is 5.56 Å². The monoisotopic (exact) mass is 243 g/mol. The van der Waals surface area contributed by atoms with Gasteiger partial charge in [0.15, 0.2) is 11.5 Å². The maximum atomic E-state index is 9.45. The molecule has 0 amide bonds. The van der Waals surface area contributed by atoms with Gasteiger partial charge in [0.2, 0.25) is 0 Å². The number of ether oxygens (including phenoxy) is 1. The lowest BCUT2D eigenvalue weighted by Crippen LogP contribution is -1.91. The molecule has 0 aliphatic carbocycles. The highest BCUT2D eigenvalue weighted by Crippen LogP contribution is 2.25. The number of hydrazone groups is 1. The summed E-state index contributed by atoms with van der Waals surface area (Å²) in [5, 5.41) is 13.5. The molecule has 5 heteroatoms. The lowest BCUT2D eigenvalue weighted by atomic mass is 10.2. The molecule has 0 fully saturated rings. The first-order valence-corrected chi connectivity index (χ1v) is 5.35. The summed E-state index contributed by atoms with van der Waals surface area (Å²) in [6.07, 6.45) is 5.01. The number of methoxy groups -OCH3 is 1. The van der Waals surface area contributed by atoms with Crippen LogP contribution in [0.5, 0.6) is 11.5 Å². The van der Waals surface area contributed by atoms with Crippen LogP contribution in [0.25, 0.3) is 0 Å². The summed E-state index contributed by atoms with van der Waals surface area (Å²) in [7, 11) is 1.51. The third-order valence-electron chi connectivity index (χ3n) is 2.29. The Bertz CT molecular complexity index is 541. The number of aromatic nitrogens is 1. The van der Waals surface area contributed by atoms with E-state index in [4.69, 9.17) is 4.74 Å². The van der Waals surface area contributed by atoms with Gasteiger partial charge in [-0.05, 0) is 35.9 Å². The molecule has 0 spiro atoms. The minimum Gasteiger partial charge on any atom is -0.504 e. The predicted octanol–water partition coefficient (Wildman–Crippen LogP) is 2.24. The Morgan fingerprint density at radius 3 is 2.78 bits per heavy atom. The van der Waals surface area contributed by atoms with Gasteiger partial charge in [0.05, 0.1) is 19.0 Å². The molecule has 0 unspecified atom stereocenters. The Kier molecular flexibility index (Phi) is 3.76. The molecule has 1 aromatic heterocycles. The van der Waals surface area contributed by atoms with Crippen molar-refractivity contribution in [3.63, 3.8) is 0 Å². The first-order valence-electron chi connectivity index (χ1n) is 5.35. The molecule has 1 aromatic carbocycles. The number of benzene rings is 1. The number of hydrogen-bond donors (Lipinski definition) is 2. The number of rotatable bonds is 4. The van der Waals surface area contributed by atoms with Crippen LogP contribution in [0.3, 0.4) is 0 Å². The molecular formula is C13H13N3O2. The highest BCUT2D eigenvalue weighted by Gasteiger charge is 2.00. The first kappa shape index (κ1) is 11.9. The summed E-state index contributed by atoms with van der Waals surface area (Å²) in [6.45, 7) is 0. The van der Waals surface area contributed by atoms with Crippen molar-refractivity contribution in [3.8, 4) is 11.5 Å². The molecule has 0 bridgehead atoms. The first-order chi connectivity index (χ1) is 8.79. The topological polar surface area (TPSA) is 66.7 Å². The highest BCUT2D eigenvalue weighted by atomic mass is 16.5. The molecule has 0 aliphatic heterocycles. The minimum atomic E-state index is 0.108. The van der Waals surface area contributed by atoms with E-state index in [-0.39, 0.29) is 5.75 Å². The van der Waals surface area contributed by atoms with Crippen LogP contribution in [-0.4, -0.2) is 23.4 Å². The van der Waals surface area contributed by atoms with Crippen molar-refractivity contribution < 1.29 is 9.84 Å². The zero-order chi connectivity index (χ0) is 12.8. The van der Waals surface area contributed by atoms with Crippen LogP contribution in [0, 0.1) is 0 Å². The van der Waals surface area contributed by atoms with Crippen molar-refractivity contribution in [3.05, 3.63) is 48.3 Å². The molecule has 18 heavy (non-hydrogen) atoms. The zero-order valence-corrected chi connectivity index (χ0v) is 9.87. The third kappa shape index (κ3) is 2.98. The van der Waals surface area contributed by atoms with Crippen LogP contribution >= 0.6 is 0 Å². The summed E-state index contributed by atoms with van der Waals surface area (Å²) in [5.41, 5.74) is 4.55. The highest BCUT2D eigenvalue weighted by molar-refractivity contribution is 5.81. The Morgan fingerprint density at radius 2 is 2.06 bits per heavy atom. The molecule has 2 rings (SSSR count). The van der Waals surface area contributed by atoms with Crippen molar-refractivity contribution in [1.29, 1.82) is 0 Å². The van der Waals surface area contributed by atoms with E-state index < -0.39 is 0 Å². The van der Waals surface area contributed by atoms with Crippen molar-refractivity contribution in [1.82, 2.24) is 4.98 Å². The van der Waals surface area contributed by atoms with Gasteiger partial charge in [-0.3, -0.25) is 10.4 Å². The van der Waals surface area contributed by atoms with E-state index in [1.165, 1.54) is 7.11 Å². The summed E-state index contributed by atoms with van der Waals surface area (Å²) < 4.78 is 5.01. The van der Waals surface area contributed by atoms with Gasteiger partial charge in [-0.25, -0.2) is 0 Å². The molecule has 0 saturated carbocycles. The quantitative estimate of drug-likeness (QED) is 0.638. The third-order valence-corrected chi connectivity index (χ3v) is 2.29. The van der Waals surface area contributed by atoms with E-state index >= 15 is 0 Å². The maximum absolute atomic E-state index is 9.45. The largest absolute Gasteiger partial charge is 0.504 e. The zero-order valence-electron chi connectivity index (χ0n) is 9.87. The number of aromatic hydroxyl groups is 1. The Morgan fingerprint density at radius 1 is 1.28 bits per heavy atom. The van der Waals surface area contributed by atoms with Crippen LogP contribution in [0.15, 0.2) is 47.8 Å². The van der Waals surface area contributed by atoms with Gasteiger partial charge in [-0.2, -0.15) is 5.10 Å². The molecular weight excluding hydrogens is 230 g/mol. The van der Waals surface area contributed by atoms with Crippen LogP contribution in [-0.2, 0) is 0 Å². The van der Waals surface area contributed by atoms with Gasteiger partial charge in [-0.1, -0.05) is 0 Å². The van der Waals surface area contributed by atoms with Crippen LogP contribution in [0.4, 0.5) is 5.69 Å². The molecule has 2 N–H and O–H groups in total. The fourth-order valence-corrected chi connectivity index (χ4v) is 1.38. The summed E-state index contributed by atoms with van der Waals surface area (Å²) in [6, 6.07) is 8.64. The maximum Gasteiger partial charge on any atom is 0.161 e. The lowest BCUT2D eigenvalue weighted by Gasteiger charge is -2.03. The number of nitrogens with one attached hydrogen (secondary N) is 1. The van der Waals surface area contributed by atoms with Crippen molar-refractivity contribution in [2.24, 2.45) is 5.10 Å². The second-order valence-electron chi connectivity index (χ2n) is 3.54. The molecule has 0 atom stereocenters.